The number of hydrogen-bond donors (Lipinski definition) is 1. The third-order valence-electron chi connectivity index (χ3n) is 6.24. The normalized spacial score (nSPS) is 10.9. The molecule has 0 radical (unpaired) electrons. The maximum atomic E-state index is 14.0. The number of aromatic nitrogens is 2. The Morgan fingerprint density at radius 3 is 2.27 bits per heavy atom. The van der Waals surface area contributed by atoms with Crippen LogP contribution < -0.4 is 5.32 Å². The Bertz CT molecular complexity index is 1100. The molecule has 1 aromatic carbocycles. The first kappa shape index (κ1) is 31.9. The minimum atomic E-state index is -0.638. The van der Waals surface area contributed by atoms with Crippen molar-refractivity contribution in [3.05, 3.63) is 76.7 Å². The summed E-state index contributed by atoms with van der Waals surface area (Å²) in [5.74, 6) is -0.486. The molecule has 0 amide bonds. The quantitative estimate of drug-likeness (QED) is 0.276. The van der Waals surface area contributed by atoms with E-state index in [0.29, 0.717) is 24.2 Å². The van der Waals surface area contributed by atoms with E-state index in [2.05, 4.69) is 35.2 Å². The number of aryl methyl sites for hydroxylation is 1. The third-order valence-corrected chi connectivity index (χ3v) is 6.24. The molecule has 0 bridgehead atoms. The lowest BCUT2D eigenvalue weighted by molar-refractivity contribution is 0.111. The molecule has 4 nitrogen and oxygen atoms in total. The molecular weight excluding hydrogens is 468 g/mol. The summed E-state index contributed by atoms with van der Waals surface area (Å²) in [7, 11) is 1.98. The second-order valence-corrected chi connectivity index (χ2v) is 8.59. The second kappa shape index (κ2) is 17.3. The number of rotatable bonds is 10. The zero-order chi connectivity index (χ0) is 27.8. The van der Waals surface area contributed by atoms with Gasteiger partial charge < -0.3 is 5.32 Å². The van der Waals surface area contributed by atoms with Crippen LogP contribution in [0.1, 0.15) is 99.8 Å². The van der Waals surface area contributed by atoms with Crippen molar-refractivity contribution in [2.75, 3.05) is 12.4 Å². The van der Waals surface area contributed by atoms with Crippen LogP contribution in [0, 0.1) is 18.6 Å². The van der Waals surface area contributed by atoms with Crippen LogP contribution in [-0.4, -0.2) is 23.3 Å². The predicted octanol–water partition coefficient (Wildman–Crippen LogP) is 8.93. The Morgan fingerprint density at radius 2 is 1.68 bits per heavy atom. The molecule has 1 atom stereocenters. The van der Waals surface area contributed by atoms with Gasteiger partial charge in [0.15, 0.2) is 6.29 Å². The van der Waals surface area contributed by atoms with Gasteiger partial charge >= 0.3 is 0 Å². The van der Waals surface area contributed by atoms with Crippen molar-refractivity contribution in [1.29, 1.82) is 0 Å². The number of benzene rings is 1. The number of anilines is 1. The molecule has 3 rings (SSSR count). The number of aldehydes is 1. The first-order valence-electron chi connectivity index (χ1n) is 13.4. The van der Waals surface area contributed by atoms with E-state index in [-0.39, 0.29) is 17.0 Å². The van der Waals surface area contributed by atoms with Crippen LogP contribution in [0.25, 0.3) is 11.3 Å². The zero-order valence-corrected chi connectivity index (χ0v) is 23.5. The standard InChI is InChI=1S/C15H13F2NO.C14H24N2.C2H6/c1-3-10-4-6-12(16)14(9(10)2)15-13(17)7-5-11(8-19)18-15;1-4-6-8-12(7-5-2)13-9-10-16-11-14(13)15-3;1-2/h4-8H,3H2,1-2H3;9-12,15H,4-8H2,1-3H3;1-2H3. The van der Waals surface area contributed by atoms with Crippen LogP contribution in [0.5, 0.6) is 0 Å². The highest BCUT2D eigenvalue weighted by Gasteiger charge is 2.17. The average molecular weight is 512 g/mol. The van der Waals surface area contributed by atoms with Crippen molar-refractivity contribution in [2.24, 2.45) is 0 Å². The SMILES string of the molecule is CC.CCCCC(CCC)c1ccncc1NC.CCc1ccc(F)c(-c2nc(C=O)ccc2F)c1C. The molecule has 0 spiro atoms. The summed E-state index contributed by atoms with van der Waals surface area (Å²) in [4.78, 5) is 18.8. The van der Waals surface area contributed by atoms with E-state index in [1.807, 2.05) is 40.2 Å². The zero-order valence-electron chi connectivity index (χ0n) is 23.5. The summed E-state index contributed by atoms with van der Waals surface area (Å²) in [5, 5.41) is 3.25. The number of carbonyl (C=O) groups is 1. The molecule has 0 aliphatic rings. The minimum absolute atomic E-state index is 0.0806. The van der Waals surface area contributed by atoms with Crippen molar-refractivity contribution in [3.63, 3.8) is 0 Å². The fourth-order valence-electron chi connectivity index (χ4n) is 4.32. The molecule has 0 fully saturated rings. The lowest BCUT2D eigenvalue weighted by Crippen LogP contribution is -2.04. The third kappa shape index (κ3) is 9.03. The molecule has 1 unspecified atom stereocenters. The van der Waals surface area contributed by atoms with E-state index in [0.717, 1.165) is 11.6 Å². The van der Waals surface area contributed by atoms with Gasteiger partial charge in [-0.25, -0.2) is 13.8 Å². The molecule has 0 aliphatic heterocycles. The molecule has 0 aliphatic carbocycles. The van der Waals surface area contributed by atoms with Gasteiger partial charge in [-0.3, -0.25) is 9.78 Å². The number of pyridine rings is 2. The Kier molecular flexibility index (Phi) is 14.9. The molecule has 2 heterocycles. The van der Waals surface area contributed by atoms with Crippen molar-refractivity contribution in [3.8, 4) is 11.3 Å². The van der Waals surface area contributed by atoms with Crippen LogP contribution in [0.2, 0.25) is 0 Å². The molecule has 3 aromatic rings. The van der Waals surface area contributed by atoms with Gasteiger partial charge in [0.1, 0.15) is 23.0 Å². The summed E-state index contributed by atoms with van der Waals surface area (Å²) >= 11 is 0. The van der Waals surface area contributed by atoms with Crippen LogP contribution in [0.15, 0.2) is 42.7 Å². The van der Waals surface area contributed by atoms with Crippen molar-refractivity contribution in [2.45, 2.75) is 86.0 Å². The Morgan fingerprint density at radius 1 is 0.973 bits per heavy atom. The number of nitrogens with zero attached hydrogens (tertiary/aromatic N) is 2. The smallest absolute Gasteiger partial charge is 0.168 e. The van der Waals surface area contributed by atoms with Gasteiger partial charge in [-0.1, -0.05) is 59.9 Å². The van der Waals surface area contributed by atoms with E-state index in [9.17, 15) is 13.6 Å². The highest BCUT2D eigenvalue weighted by Crippen LogP contribution is 2.32. The first-order valence-corrected chi connectivity index (χ1v) is 13.4. The lowest BCUT2D eigenvalue weighted by atomic mass is 9.89. The van der Waals surface area contributed by atoms with E-state index in [1.54, 1.807) is 13.0 Å². The van der Waals surface area contributed by atoms with E-state index >= 15 is 0 Å². The van der Waals surface area contributed by atoms with E-state index in [4.69, 9.17) is 0 Å². The fourth-order valence-corrected chi connectivity index (χ4v) is 4.32. The van der Waals surface area contributed by atoms with Crippen LogP contribution >= 0.6 is 0 Å². The molecule has 202 valence electrons. The van der Waals surface area contributed by atoms with Crippen molar-refractivity contribution in [1.82, 2.24) is 9.97 Å². The summed E-state index contributed by atoms with van der Waals surface area (Å²) < 4.78 is 27.8. The van der Waals surface area contributed by atoms with Crippen molar-refractivity contribution < 1.29 is 13.6 Å². The minimum Gasteiger partial charge on any atom is -0.387 e. The molecular formula is C31H43F2N3O. The first-order chi connectivity index (χ1) is 17.9. The predicted molar refractivity (Wildman–Crippen MR) is 151 cm³/mol. The molecule has 37 heavy (non-hydrogen) atoms. The van der Waals surface area contributed by atoms with Crippen LogP contribution in [-0.2, 0) is 6.42 Å². The topological polar surface area (TPSA) is 54.9 Å². The number of nitrogens with one attached hydrogen (secondary N) is 1. The lowest BCUT2D eigenvalue weighted by Gasteiger charge is -2.19. The molecule has 6 heteroatoms. The van der Waals surface area contributed by atoms with Gasteiger partial charge in [0.25, 0.3) is 0 Å². The summed E-state index contributed by atoms with van der Waals surface area (Å²) in [6.07, 6.45) is 11.5. The van der Waals surface area contributed by atoms with Gasteiger partial charge in [0, 0.05) is 18.8 Å². The maximum absolute atomic E-state index is 14.0. The highest BCUT2D eigenvalue weighted by molar-refractivity contribution is 5.75. The molecule has 1 N–H and O–H groups in total. The Labute approximate surface area is 222 Å². The van der Waals surface area contributed by atoms with Gasteiger partial charge in [-0.05, 0) is 73.1 Å². The Hall–Kier alpha value is -3.15. The number of halogens is 2. The van der Waals surface area contributed by atoms with E-state index in [1.165, 1.54) is 55.5 Å². The highest BCUT2D eigenvalue weighted by atomic mass is 19.1. The Balaban J connectivity index is 0.000000352. The number of hydrogen-bond acceptors (Lipinski definition) is 4. The van der Waals surface area contributed by atoms with Gasteiger partial charge in [0.2, 0.25) is 0 Å². The summed E-state index contributed by atoms with van der Waals surface area (Å²) in [6, 6.07) is 7.54. The van der Waals surface area contributed by atoms with E-state index < -0.39 is 11.6 Å². The second-order valence-electron chi connectivity index (χ2n) is 8.59. The van der Waals surface area contributed by atoms with Gasteiger partial charge in [-0.2, -0.15) is 0 Å². The molecule has 2 aromatic heterocycles. The number of unbranched alkanes of at least 4 members (excludes halogenated alkanes) is 1. The van der Waals surface area contributed by atoms with Crippen LogP contribution in [0.4, 0.5) is 14.5 Å². The van der Waals surface area contributed by atoms with Gasteiger partial charge in [-0.15, -0.1) is 0 Å². The van der Waals surface area contributed by atoms with Gasteiger partial charge in [0.05, 0.1) is 11.9 Å². The fraction of sp³-hybridized carbons (Fsp3) is 0.452. The summed E-state index contributed by atoms with van der Waals surface area (Å²) in [5.41, 5.74) is 4.29. The van der Waals surface area contributed by atoms with Crippen LogP contribution in [0.3, 0.4) is 0 Å². The number of carbonyl (C=O) groups excluding carboxylic acids is 1. The molecule has 0 saturated heterocycles. The monoisotopic (exact) mass is 511 g/mol. The largest absolute Gasteiger partial charge is 0.387 e. The summed E-state index contributed by atoms with van der Waals surface area (Å²) in [6.45, 7) is 12.2. The molecule has 0 saturated carbocycles. The maximum Gasteiger partial charge on any atom is 0.168 e. The van der Waals surface area contributed by atoms with Crippen molar-refractivity contribution >= 4 is 12.0 Å². The average Bonchev–Trinajstić information content (AvgIpc) is 2.93.